The Bertz CT molecular complexity index is 1060. The number of hydrogen-bond donors (Lipinski definition) is 1. The van der Waals surface area contributed by atoms with E-state index in [0.29, 0.717) is 24.7 Å². The van der Waals surface area contributed by atoms with Crippen molar-refractivity contribution in [1.29, 1.82) is 0 Å². The van der Waals surface area contributed by atoms with Crippen molar-refractivity contribution >= 4 is 11.9 Å². The molecule has 0 bridgehead atoms. The Labute approximate surface area is 181 Å². The molecule has 160 valence electrons. The number of nitrogens with one attached hydrogen (secondary N) is 1. The predicted molar refractivity (Wildman–Crippen MR) is 118 cm³/mol. The van der Waals surface area contributed by atoms with Gasteiger partial charge >= 0.3 is 5.97 Å². The number of esters is 1. The molecule has 2 aromatic carbocycles. The first-order valence-corrected chi connectivity index (χ1v) is 10.5. The maximum Gasteiger partial charge on any atom is 0.338 e. The summed E-state index contributed by atoms with van der Waals surface area (Å²) in [5.74, 6) is 1.03. The van der Waals surface area contributed by atoms with Gasteiger partial charge in [-0.25, -0.2) is 9.48 Å². The van der Waals surface area contributed by atoms with Crippen LogP contribution in [0.25, 0.3) is 0 Å². The maximum atomic E-state index is 12.8. The van der Waals surface area contributed by atoms with Gasteiger partial charge in [-0.1, -0.05) is 49.4 Å². The third kappa shape index (κ3) is 4.60. The molecule has 7 heteroatoms. The number of hydrogen-bond acceptors (Lipinski definition) is 6. The summed E-state index contributed by atoms with van der Waals surface area (Å²) in [5.41, 5.74) is 3.40. The Balaban J connectivity index is 1.53. The molecule has 1 atom stereocenters. The first-order chi connectivity index (χ1) is 15.2. The average Bonchev–Trinajstić information content (AvgIpc) is 3.26. The predicted octanol–water partition coefficient (Wildman–Crippen LogP) is 4.14. The van der Waals surface area contributed by atoms with Crippen LogP contribution in [0.15, 0.2) is 72.2 Å². The second-order valence-corrected chi connectivity index (χ2v) is 7.38. The fourth-order valence-electron chi connectivity index (χ4n) is 3.61. The van der Waals surface area contributed by atoms with Crippen molar-refractivity contribution < 1.29 is 14.3 Å². The quantitative estimate of drug-likeness (QED) is 0.554. The summed E-state index contributed by atoms with van der Waals surface area (Å²) in [6, 6.07) is 17.6. The van der Waals surface area contributed by atoms with Crippen molar-refractivity contribution in [3.63, 3.8) is 0 Å². The van der Waals surface area contributed by atoms with Crippen LogP contribution in [0.2, 0.25) is 0 Å². The molecular weight excluding hydrogens is 392 g/mol. The molecule has 4 rings (SSSR count). The highest BCUT2D eigenvalue weighted by Crippen LogP contribution is 2.35. The van der Waals surface area contributed by atoms with E-state index < -0.39 is 6.04 Å². The average molecular weight is 418 g/mol. The molecule has 1 aliphatic heterocycles. The maximum absolute atomic E-state index is 12.8. The summed E-state index contributed by atoms with van der Waals surface area (Å²) in [5, 5.41) is 7.48. The summed E-state index contributed by atoms with van der Waals surface area (Å²) in [7, 11) is 0. The van der Waals surface area contributed by atoms with E-state index >= 15 is 0 Å². The van der Waals surface area contributed by atoms with Gasteiger partial charge in [0.2, 0.25) is 5.95 Å². The summed E-state index contributed by atoms with van der Waals surface area (Å²) in [4.78, 5) is 17.1. The van der Waals surface area contributed by atoms with E-state index in [1.807, 2.05) is 56.3 Å². The lowest BCUT2D eigenvalue weighted by Crippen LogP contribution is -2.29. The molecule has 0 radical (unpaired) electrons. The molecule has 0 fully saturated rings. The van der Waals surface area contributed by atoms with Crippen LogP contribution >= 0.6 is 0 Å². The highest BCUT2D eigenvalue weighted by atomic mass is 16.5. The number of anilines is 1. The topological polar surface area (TPSA) is 78.3 Å². The van der Waals surface area contributed by atoms with Gasteiger partial charge in [-0.3, -0.25) is 0 Å². The van der Waals surface area contributed by atoms with Crippen molar-refractivity contribution in [2.24, 2.45) is 0 Å². The lowest BCUT2D eigenvalue weighted by atomic mass is 9.96. The van der Waals surface area contributed by atoms with Crippen molar-refractivity contribution in [3.8, 4) is 5.75 Å². The number of carbonyl (C=O) groups is 1. The van der Waals surface area contributed by atoms with Crippen LogP contribution < -0.4 is 10.1 Å². The second-order valence-electron chi connectivity index (χ2n) is 7.38. The molecule has 0 saturated heterocycles. The zero-order valence-electron chi connectivity index (χ0n) is 17.7. The summed E-state index contributed by atoms with van der Waals surface area (Å²) in [6.45, 7) is 4.80. The van der Waals surface area contributed by atoms with E-state index in [1.54, 1.807) is 4.68 Å². The van der Waals surface area contributed by atoms with Gasteiger partial charge in [-0.05, 0) is 36.6 Å². The summed E-state index contributed by atoms with van der Waals surface area (Å²) in [6.07, 6.45) is 3.08. The molecular formula is C24H26N4O3. The van der Waals surface area contributed by atoms with Gasteiger partial charge < -0.3 is 14.8 Å². The molecule has 0 saturated carbocycles. The molecule has 1 aromatic heterocycles. The van der Waals surface area contributed by atoms with Crippen LogP contribution in [0.5, 0.6) is 5.75 Å². The summed E-state index contributed by atoms with van der Waals surface area (Å²) >= 11 is 0. The number of ether oxygens (including phenoxy) is 2. The third-order valence-electron chi connectivity index (χ3n) is 5.15. The normalized spacial score (nSPS) is 15.2. The minimum atomic E-state index is -0.415. The molecule has 7 nitrogen and oxygen atoms in total. The number of fused-ring (bicyclic) bond motifs is 1. The van der Waals surface area contributed by atoms with Gasteiger partial charge in [0, 0.05) is 12.1 Å². The minimum absolute atomic E-state index is 0.346. The Hall–Kier alpha value is -3.61. The Kier molecular flexibility index (Phi) is 6.31. The van der Waals surface area contributed by atoms with Crippen LogP contribution in [0, 0.1) is 0 Å². The van der Waals surface area contributed by atoms with Crippen molar-refractivity contribution in [2.45, 2.75) is 32.7 Å². The first-order valence-electron chi connectivity index (χ1n) is 10.5. The number of aromatic nitrogens is 3. The third-order valence-corrected chi connectivity index (χ3v) is 5.15. The fraction of sp³-hybridized carbons (Fsp3) is 0.292. The van der Waals surface area contributed by atoms with E-state index in [2.05, 4.69) is 27.5 Å². The van der Waals surface area contributed by atoms with E-state index in [4.69, 9.17) is 9.47 Å². The van der Waals surface area contributed by atoms with Crippen molar-refractivity contribution in [1.82, 2.24) is 14.8 Å². The van der Waals surface area contributed by atoms with Gasteiger partial charge in [0.25, 0.3) is 0 Å². The Morgan fingerprint density at radius 3 is 2.61 bits per heavy atom. The number of rotatable bonds is 8. The van der Waals surface area contributed by atoms with Crippen LogP contribution in [-0.2, 0) is 16.0 Å². The number of nitrogens with zero attached hydrogens (tertiary/aromatic N) is 3. The van der Waals surface area contributed by atoms with Crippen molar-refractivity contribution in [2.75, 3.05) is 18.5 Å². The van der Waals surface area contributed by atoms with E-state index in [9.17, 15) is 4.79 Å². The molecule has 0 amide bonds. The molecule has 2 heterocycles. The van der Waals surface area contributed by atoms with Crippen molar-refractivity contribution in [3.05, 3.63) is 83.3 Å². The van der Waals surface area contributed by atoms with Crippen LogP contribution in [0.3, 0.4) is 0 Å². The first kappa shape index (κ1) is 20.7. The molecule has 1 aliphatic rings. The van der Waals surface area contributed by atoms with E-state index in [0.717, 1.165) is 29.9 Å². The molecule has 1 unspecified atom stereocenters. The molecule has 3 aromatic rings. The van der Waals surface area contributed by atoms with Crippen LogP contribution in [0.4, 0.5) is 5.95 Å². The lowest BCUT2D eigenvalue weighted by Gasteiger charge is -2.28. The monoisotopic (exact) mass is 418 g/mol. The number of allylic oxidation sites excluding steroid dienone is 1. The van der Waals surface area contributed by atoms with Gasteiger partial charge in [-0.2, -0.15) is 10.1 Å². The molecule has 0 aliphatic carbocycles. The van der Waals surface area contributed by atoms with Crippen LogP contribution in [0.1, 0.15) is 37.4 Å². The second kappa shape index (κ2) is 9.47. The van der Waals surface area contributed by atoms with Gasteiger partial charge in [0.1, 0.15) is 18.1 Å². The molecule has 31 heavy (non-hydrogen) atoms. The molecule has 1 N–H and O–H groups in total. The zero-order valence-corrected chi connectivity index (χ0v) is 17.7. The highest BCUT2D eigenvalue weighted by Gasteiger charge is 2.34. The highest BCUT2D eigenvalue weighted by molar-refractivity contribution is 5.92. The lowest BCUT2D eigenvalue weighted by molar-refractivity contribution is -0.139. The van der Waals surface area contributed by atoms with Gasteiger partial charge in [-0.15, -0.1) is 0 Å². The number of benzene rings is 2. The van der Waals surface area contributed by atoms with Crippen LogP contribution in [-0.4, -0.2) is 33.9 Å². The molecule has 0 spiro atoms. The van der Waals surface area contributed by atoms with E-state index in [1.165, 1.54) is 11.9 Å². The minimum Gasteiger partial charge on any atom is -0.493 e. The SMILES string of the molecule is CCCOC(=O)C1=C(C)Nc2ncnn2C1c1ccc(OCCc2ccccc2)cc1. The standard InChI is InChI=1S/C24H26N4O3/c1-3-14-31-23(29)21-17(2)27-24-25-16-26-28(24)22(21)19-9-11-20(12-10-19)30-15-13-18-7-5-4-6-8-18/h4-12,16,22H,3,13-15H2,1-2H3,(H,25,26,27). The zero-order chi connectivity index (χ0) is 21.6. The number of carbonyl (C=O) groups excluding carboxylic acids is 1. The fourth-order valence-corrected chi connectivity index (χ4v) is 3.61. The summed E-state index contributed by atoms with van der Waals surface area (Å²) < 4.78 is 13.1. The van der Waals surface area contributed by atoms with Gasteiger partial charge in [0.05, 0.1) is 18.8 Å². The smallest absolute Gasteiger partial charge is 0.338 e. The van der Waals surface area contributed by atoms with E-state index in [-0.39, 0.29) is 5.97 Å². The largest absolute Gasteiger partial charge is 0.493 e. The Morgan fingerprint density at radius 2 is 1.87 bits per heavy atom. The van der Waals surface area contributed by atoms with Gasteiger partial charge in [0.15, 0.2) is 0 Å². The Morgan fingerprint density at radius 1 is 1.10 bits per heavy atom.